The number of ether oxygens (including phenoxy) is 1. The van der Waals surface area contributed by atoms with E-state index in [1.807, 2.05) is 83.1 Å². The van der Waals surface area contributed by atoms with E-state index in [0.717, 1.165) is 0 Å². The van der Waals surface area contributed by atoms with E-state index in [1.165, 1.54) is 0 Å². The predicted octanol–water partition coefficient (Wildman–Crippen LogP) is 4.63. The van der Waals surface area contributed by atoms with Crippen molar-refractivity contribution in [3.05, 3.63) is 0 Å². The van der Waals surface area contributed by atoms with Crippen LogP contribution in [0.15, 0.2) is 0 Å². The molecule has 0 spiro atoms. The summed E-state index contributed by atoms with van der Waals surface area (Å²) < 4.78 is 4.87. The first-order chi connectivity index (χ1) is 11.6. The van der Waals surface area contributed by atoms with Crippen LogP contribution in [0.5, 0.6) is 0 Å². The lowest BCUT2D eigenvalue weighted by molar-refractivity contribution is -0.151. The lowest BCUT2D eigenvalue weighted by atomic mass is 9.99. The van der Waals surface area contributed by atoms with Gasteiger partial charge in [-0.1, -0.05) is 55.4 Å². The van der Waals surface area contributed by atoms with Crippen LogP contribution in [0.3, 0.4) is 0 Å². The Morgan fingerprint density at radius 2 is 1.00 bits per heavy atom. The number of rotatable bonds is 6. The number of nitrogens with one attached hydrogen (secondary N) is 1. The van der Waals surface area contributed by atoms with Gasteiger partial charge in [0.1, 0.15) is 5.78 Å². The topological polar surface area (TPSA) is 72.5 Å². The van der Waals surface area contributed by atoms with Gasteiger partial charge >= 0.3 is 5.97 Å². The molecule has 0 aliphatic carbocycles. The van der Waals surface area contributed by atoms with E-state index in [2.05, 4.69) is 5.32 Å². The van der Waals surface area contributed by atoms with E-state index < -0.39 is 0 Å². The number of amides is 1. The summed E-state index contributed by atoms with van der Waals surface area (Å²) in [4.78, 5) is 32.4. The minimum Gasteiger partial charge on any atom is -0.463 e. The molecule has 5 heteroatoms. The summed E-state index contributed by atoms with van der Waals surface area (Å²) >= 11 is 0. The molecule has 0 atom stereocenters. The molecule has 5 nitrogen and oxygen atoms in total. The second-order valence-electron chi connectivity index (χ2n) is 8.17. The van der Waals surface area contributed by atoms with Gasteiger partial charge in [0.25, 0.3) is 0 Å². The third-order valence-electron chi connectivity index (χ3n) is 2.92. The van der Waals surface area contributed by atoms with Crippen LogP contribution >= 0.6 is 0 Å². The summed E-state index contributed by atoms with van der Waals surface area (Å²) in [6.45, 7) is 22.8. The van der Waals surface area contributed by atoms with Gasteiger partial charge in [0.05, 0.1) is 12.0 Å². The van der Waals surface area contributed by atoms with Crippen LogP contribution in [0.4, 0.5) is 0 Å². The average Bonchev–Trinajstić information content (AvgIpc) is 2.45. The van der Waals surface area contributed by atoms with Crippen LogP contribution in [0.2, 0.25) is 0 Å². The number of ketones is 1. The zero-order valence-corrected chi connectivity index (χ0v) is 19.1. The summed E-state index contributed by atoms with van der Waals surface area (Å²) in [5.41, 5.74) is 0. The first kappa shape index (κ1) is 29.4. The van der Waals surface area contributed by atoms with Crippen LogP contribution in [0.25, 0.3) is 0 Å². The van der Waals surface area contributed by atoms with Gasteiger partial charge in [-0.15, -0.1) is 0 Å². The Labute approximate surface area is 161 Å². The zero-order valence-electron chi connectivity index (χ0n) is 19.1. The van der Waals surface area contributed by atoms with Crippen molar-refractivity contribution in [2.75, 3.05) is 0 Å². The van der Waals surface area contributed by atoms with E-state index in [9.17, 15) is 14.4 Å². The maximum absolute atomic E-state index is 10.8. The van der Waals surface area contributed by atoms with E-state index in [1.54, 1.807) is 0 Å². The Morgan fingerprint density at radius 1 is 0.615 bits per heavy atom. The molecule has 0 radical (unpaired) electrons. The van der Waals surface area contributed by atoms with Gasteiger partial charge in [0, 0.05) is 23.8 Å². The number of carbonyl (C=O) groups is 3. The van der Waals surface area contributed by atoms with Crippen LogP contribution in [-0.4, -0.2) is 29.8 Å². The molecule has 0 heterocycles. The molecule has 0 unspecified atom stereocenters. The van der Waals surface area contributed by atoms with E-state index >= 15 is 0 Å². The number of carbonyl (C=O) groups excluding carboxylic acids is 3. The maximum atomic E-state index is 10.8. The highest BCUT2D eigenvalue weighted by molar-refractivity contribution is 5.82. The Hall–Kier alpha value is -1.39. The van der Waals surface area contributed by atoms with Crippen molar-refractivity contribution in [1.82, 2.24) is 5.32 Å². The molecule has 26 heavy (non-hydrogen) atoms. The van der Waals surface area contributed by atoms with Crippen LogP contribution in [0, 0.1) is 23.7 Å². The Morgan fingerprint density at radius 3 is 1.08 bits per heavy atom. The predicted molar refractivity (Wildman–Crippen MR) is 109 cm³/mol. The monoisotopic (exact) mass is 373 g/mol. The maximum Gasteiger partial charge on any atom is 0.308 e. The second-order valence-corrected chi connectivity index (χ2v) is 8.17. The first-order valence-electron chi connectivity index (χ1n) is 9.67. The fourth-order valence-corrected chi connectivity index (χ4v) is 1.49. The highest BCUT2D eigenvalue weighted by atomic mass is 16.5. The van der Waals surface area contributed by atoms with Crippen LogP contribution < -0.4 is 5.32 Å². The number of Topliss-reactive ketones (excluding diaryl/α,β-unsaturated/α-hetero) is 1. The fourth-order valence-electron chi connectivity index (χ4n) is 1.49. The van der Waals surface area contributed by atoms with Gasteiger partial charge < -0.3 is 10.1 Å². The molecular formula is C21H43NO4. The summed E-state index contributed by atoms with van der Waals surface area (Å²) in [5, 5.41) is 2.80. The van der Waals surface area contributed by atoms with E-state index in [4.69, 9.17) is 4.74 Å². The Kier molecular flexibility index (Phi) is 17.9. The largest absolute Gasteiger partial charge is 0.463 e. The average molecular weight is 374 g/mol. The van der Waals surface area contributed by atoms with Crippen molar-refractivity contribution in [2.45, 2.75) is 95.2 Å². The zero-order chi connectivity index (χ0) is 21.6. The van der Waals surface area contributed by atoms with Crippen molar-refractivity contribution in [3.63, 3.8) is 0 Å². The van der Waals surface area contributed by atoms with Gasteiger partial charge in [-0.25, -0.2) is 0 Å². The molecule has 0 fully saturated rings. The van der Waals surface area contributed by atoms with Gasteiger partial charge in [-0.2, -0.15) is 0 Å². The third-order valence-corrected chi connectivity index (χ3v) is 2.92. The summed E-state index contributed by atoms with van der Waals surface area (Å²) in [7, 11) is 0. The smallest absolute Gasteiger partial charge is 0.308 e. The second kappa shape index (κ2) is 15.8. The van der Waals surface area contributed by atoms with Gasteiger partial charge in [0.15, 0.2) is 0 Å². The molecule has 0 aliphatic heterocycles. The summed E-state index contributed by atoms with van der Waals surface area (Å²) in [6, 6.07) is 0.264. The van der Waals surface area contributed by atoms with Crippen LogP contribution in [-0.2, 0) is 19.1 Å². The molecule has 0 aliphatic rings. The Bertz CT molecular complexity index is 361. The van der Waals surface area contributed by atoms with Crippen molar-refractivity contribution < 1.29 is 19.1 Å². The summed E-state index contributed by atoms with van der Waals surface area (Å²) in [6.07, 6.45) is 0.0138. The lowest BCUT2D eigenvalue weighted by Crippen LogP contribution is -2.33. The molecule has 156 valence electrons. The molecule has 1 N–H and O–H groups in total. The van der Waals surface area contributed by atoms with Gasteiger partial charge in [0.2, 0.25) is 5.91 Å². The number of esters is 1. The quantitative estimate of drug-likeness (QED) is 0.689. The molecule has 0 aromatic heterocycles. The third kappa shape index (κ3) is 20.7. The lowest BCUT2D eigenvalue weighted by Gasteiger charge is -2.09. The SMILES string of the molecule is CC(C)C(=O)C(C)C.CC(C)NC(=O)C(C)C.CC(C)OC(=O)C(C)C. The van der Waals surface area contributed by atoms with Crippen molar-refractivity contribution in [3.8, 4) is 0 Å². The minimum absolute atomic E-state index is 0.00704. The number of hydrogen-bond donors (Lipinski definition) is 1. The minimum atomic E-state index is -0.120. The molecule has 0 saturated carbocycles. The highest BCUT2D eigenvalue weighted by Crippen LogP contribution is 2.03. The van der Waals surface area contributed by atoms with Gasteiger partial charge in [-0.3, -0.25) is 14.4 Å². The molecule has 0 bridgehead atoms. The molecule has 0 aromatic carbocycles. The number of hydrogen-bond acceptors (Lipinski definition) is 4. The Balaban J connectivity index is -0.000000306. The van der Waals surface area contributed by atoms with Crippen molar-refractivity contribution in [1.29, 1.82) is 0 Å². The standard InChI is InChI=1S/C7H15NO.C7H14O2.C7H14O/c1-5(2)7(9)8-6(3)4;1-5(2)7(8)9-6(3)4;1-5(2)7(8)6(3)4/h5-6H,1-4H3,(H,8,9);5-6H,1-4H3;5-6H,1-4H3. The van der Waals surface area contributed by atoms with Gasteiger partial charge in [-0.05, 0) is 27.7 Å². The summed E-state index contributed by atoms with van der Waals surface area (Å²) in [5.74, 6) is 0.866. The van der Waals surface area contributed by atoms with E-state index in [-0.39, 0.29) is 47.7 Å². The molecular weight excluding hydrogens is 330 g/mol. The molecule has 0 aromatic rings. The molecule has 0 rings (SSSR count). The molecule has 0 saturated heterocycles. The first-order valence-corrected chi connectivity index (χ1v) is 9.67. The highest BCUT2D eigenvalue weighted by Gasteiger charge is 2.10. The van der Waals surface area contributed by atoms with E-state index in [0.29, 0.717) is 5.78 Å². The van der Waals surface area contributed by atoms with Crippen molar-refractivity contribution >= 4 is 17.7 Å². The van der Waals surface area contributed by atoms with Crippen LogP contribution in [0.1, 0.15) is 83.1 Å². The van der Waals surface area contributed by atoms with Crippen molar-refractivity contribution in [2.24, 2.45) is 23.7 Å². The fraction of sp³-hybridized carbons (Fsp3) is 0.857. The normalized spacial score (nSPS) is 10.5. The molecule has 1 amide bonds.